The Labute approximate surface area is 195 Å². The molecule has 3 heterocycles. The third kappa shape index (κ3) is 4.71. The second kappa shape index (κ2) is 9.83. The van der Waals surface area contributed by atoms with Crippen molar-refractivity contribution in [3.05, 3.63) is 64.6 Å². The topological polar surface area (TPSA) is 76.9 Å². The van der Waals surface area contributed by atoms with Crippen LogP contribution in [-0.2, 0) is 11.3 Å². The molecule has 0 fully saturated rings. The molecule has 0 aliphatic rings. The van der Waals surface area contributed by atoms with E-state index in [0.29, 0.717) is 21.9 Å². The number of pyridine rings is 1. The van der Waals surface area contributed by atoms with Gasteiger partial charge in [-0.05, 0) is 37.0 Å². The summed E-state index contributed by atoms with van der Waals surface area (Å²) in [6.07, 6.45) is 2.59. The van der Waals surface area contributed by atoms with Crippen LogP contribution in [0.25, 0.3) is 20.4 Å². The molecule has 0 saturated heterocycles. The van der Waals surface area contributed by atoms with Crippen LogP contribution >= 0.6 is 23.1 Å². The molecule has 0 saturated carbocycles. The number of amides is 1. The molecule has 4 rings (SSSR count). The van der Waals surface area contributed by atoms with Gasteiger partial charge in [0, 0.05) is 24.2 Å². The number of carbonyl (C=O) groups is 1. The summed E-state index contributed by atoms with van der Waals surface area (Å²) in [5, 5.41) is 4.42. The predicted octanol–water partition coefficient (Wildman–Crippen LogP) is 4.82. The molecular weight excluding hydrogens is 440 g/mol. The molecule has 0 unspecified atom stereocenters. The molecule has 4 aromatic rings. The lowest BCUT2D eigenvalue weighted by atomic mass is 10.0. The monoisotopic (exact) mass is 466 g/mol. The summed E-state index contributed by atoms with van der Waals surface area (Å²) in [4.78, 5) is 36.0. The van der Waals surface area contributed by atoms with Crippen LogP contribution < -0.4 is 10.9 Å². The highest BCUT2D eigenvalue weighted by atomic mass is 32.2. The van der Waals surface area contributed by atoms with E-state index in [9.17, 15) is 9.59 Å². The fourth-order valence-electron chi connectivity index (χ4n) is 3.52. The molecule has 1 aromatic carbocycles. The Morgan fingerprint density at radius 2 is 1.97 bits per heavy atom. The van der Waals surface area contributed by atoms with Crippen LogP contribution in [0, 0.1) is 0 Å². The summed E-state index contributed by atoms with van der Waals surface area (Å²) >= 11 is 2.68. The van der Waals surface area contributed by atoms with Crippen molar-refractivity contribution in [2.75, 3.05) is 5.75 Å². The van der Waals surface area contributed by atoms with Gasteiger partial charge in [0.05, 0.1) is 11.3 Å². The number of carbonyl (C=O) groups excluding carboxylic acids is 1. The Hall–Kier alpha value is -2.71. The first-order chi connectivity index (χ1) is 15.5. The van der Waals surface area contributed by atoms with E-state index in [1.807, 2.05) is 44.2 Å². The van der Waals surface area contributed by atoms with Gasteiger partial charge in [0.15, 0.2) is 5.16 Å². The molecule has 3 aromatic heterocycles. The Morgan fingerprint density at radius 3 is 2.72 bits per heavy atom. The van der Waals surface area contributed by atoms with Crippen molar-refractivity contribution < 1.29 is 4.79 Å². The minimum absolute atomic E-state index is 0.0572. The predicted molar refractivity (Wildman–Crippen MR) is 133 cm³/mol. The van der Waals surface area contributed by atoms with E-state index < -0.39 is 0 Å². The van der Waals surface area contributed by atoms with Gasteiger partial charge in [0.1, 0.15) is 9.53 Å². The van der Waals surface area contributed by atoms with E-state index >= 15 is 0 Å². The van der Waals surface area contributed by atoms with Crippen molar-refractivity contribution >= 4 is 49.4 Å². The Balaban J connectivity index is 1.74. The standard InChI is InChI=1S/C24H26N4O2S2/c1-4-16(3)26-19(29)14-31-24-27-20-18-11-8-12-25-22(18)32-21(20)23(30)28(24)13-15(2)17-9-6-5-7-10-17/h5-12,15-16H,4,13-14H2,1-3H3,(H,26,29)/t15-,16-/m1/s1. The Bertz CT molecular complexity index is 1300. The molecular formula is C24H26N4O2S2. The van der Waals surface area contributed by atoms with Crippen LogP contribution in [0.15, 0.2) is 58.6 Å². The number of thioether (sulfide) groups is 1. The maximum absolute atomic E-state index is 13.5. The van der Waals surface area contributed by atoms with Gasteiger partial charge in [-0.25, -0.2) is 9.97 Å². The molecule has 0 bridgehead atoms. The van der Waals surface area contributed by atoms with Crippen molar-refractivity contribution in [1.82, 2.24) is 19.9 Å². The van der Waals surface area contributed by atoms with E-state index in [4.69, 9.17) is 4.98 Å². The van der Waals surface area contributed by atoms with E-state index in [1.54, 1.807) is 10.8 Å². The number of benzene rings is 1. The molecule has 0 aliphatic heterocycles. The van der Waals surface area contributed by atoms with Gasteiger partial charge in [-0.1, -0.05) is 55.9 Å². The Morgan fingerprint density at radius 1 is 1.19 bits per heavy atom. The summed E-state index contributed by atoms with van der Waals surface area (Å²) in [6.45, 7) is 6.60. The highest BCUT2D eigenvalue weighted by molar-refractivity contribution is 7.99. The van der Waals surface area contributed by atoms with Gasteiger partial charge < -0.3 is 5.32 Å². The molecule has 2 atom stereocenters. The van der Waals surface area contributed by atoms with E-state index in [-0.39, 0.29) is 29.2 Å². The van der Waals surface area contributed by atoms with Crippen LogP contribution in [0.3, 0.4) is 0 Å². The van der Waals surface area contributed by atoms with Gasteiger partial charge in [-0.3, -0.25) is 14.2 Å². The van der Waals surface area contributed by atoms with Gasteiger partial charge >= 0.3 is 0 Å². The minimum Gasteiger partial charge on any atom is -0.353 e. The van der Waals surface area contributed by atoms with Crippen LogP contribution in [-0.4, -0.2) is 32.2 Å². The first-order valence-electron chi connectivity index (χ1n) is 10.7. The number of rotatable bonds is 8. The number of nitrogens with one attached hydrogen (secondary N) is 1. The number of thiophene rings is 1. The minimum atomic E-state index is -0.0781. The van der Waals surface area contributed by atoms with Crippen LogP contribution in [0.4, 0.5) is 0 Å². The largest absolute Gasteiger partial charge is 0.353 e. The highest BCUT2D eigenvalue weighted by Crippen LogP contribution is 2.31. The van der Waals surface area contributed by atoms with E-state index in [1.165, 1.54) is 23.1 Å². The van der Waals surface area contributed by atoms with Gasteiger partial charge in [-0.15, -0.1) is 11.3 Å². The first-order valence-corrected chi connectivity index (χ1v) is 12.5. The average molecular weight is 467 g/mol. The fourth-order valence-corrected chi connectivity index (χ4v) is 5.37. The molecule has 0 spiro atoms. The van der Waals surface area contributed by atoms with Crippen molar-refractivity contribution in [3.63, 3.8) is 0 Å². The van der Waals surface area contributed by atoms with E-state index in [2.05, 4.69) is 29.4 Å². The summed E-state index contributed by atoms with van der Waals surface area (Å²) in [5.74, 6) is 0.273. The van der Waals surface area contributed by atoms with Crippen LogP contribution in [0.2, 0.25) is 0 Å². The quantitative estimate of drug-likeness (QED) is 0.298. The first kappa shape index (κ1) is 22.5. The maximum Gasteiger partial charge on any atom is 0.272 e. The fraction of sp³-hybridized carbons (Fsp3) is 0.333. The summed E-state index contributed by atoms with van der Waals surface area (Å²) in [7, 11) is 0. The van der Waals surface area contributed by atoms with Crippen molar-refractivity contribution in [3.8, 4) is 0 Å². The lowest BCUT2D eigenvalue weighted by Gasteiger charge is -2.17. The number of hydrogen-bond donors (Lipinski definition) is 1. The SMILES string of the molecule is CC[C@@H](C)NC(=O)CSc1nc2c(sc3ncccc32)c(=O)n1C[C@@H](C)c1ccccc1. The Kier molecular flexibility index (Phi) is 6.91. The molecule has 0 aliphatic carbocycles. The number of nitrogens with zero attached hydrogens (tertiary/aromatic N) is 3. The zero-order valence-electron chi connectivity index (χ0n) is 18.4. The molecule has 32 heavy (non-hydrogen) atoms. The van der Waals surface area contributed by atoms with Crippen LogP contribution in [0.5, 0.6) is 0 Å². The lowest BCUT2D eigenvalue weighted by molar-refractivity contribution is -0.119. The van der Waals surface area contributed by atoms with Gasteiger partial charge in [0.25, 0.3) is 5.56 Å². The molecule has 1 amide bonds. The number of fused-ring (bicyclic) bond motifs is 3. The van der Waals surface area contributed by atoms with Crippen molar-refractivity contribution in [2.24, 2.45) is 0 Å². The number of hydrogen-bond acceptors (Lipinski definition) is 6. The van der Waals surface area contributed by atoms with Crippen LogP contribution in [0.1, 0.15) is 38.7 Å². The van der Waals surface area contributed by atoms with Gasteiger partial charge in [-0.2, -0.15) is 0 Å². The zero-order valence-corrected chi connectivity index (χ0v) is 20.0. The maximum atomic E-state index is 13.5. The van der Waals surface area contributed by atoms with Crippen molar-refractivity contribution in [1.29, 1.82) is 0 Å². The molecule has 6 nitrogen and oxygen atoms in total. The highest BCUT2D eigenvalue weighted by Gasteiger charge is 2.20. The van der Waals surface area contributed by atoms with Crippen molar-refractivity contribution in [2.45, 2.75) is 50.9 Å². The number of aromatic nitrogens is 3. The summed E-state index contributed by atoms with van der Waals surface area (Å²) in [5.41, 5.74) is 1.74. The molecule has 166 valence electrons. The lowest BCUT2D eigenvalue weighted by Crippen LogP contribution is -2.33. The second-order valence-corrected chi connectivity index (χ2v) is 9.86. The third-order valence-electron chi connectivity index (χ3n) is 5.50. The molecule has 0 radical (unpaired) electrons. The third-order valence-corrected chi connectivity index (χ3v) is 7.56. The molecule has 1 N–H and O–H groups in total. The smallest absolute Gasteiger partial charge is 0.272 e. The van der Waals surface area contributed by atoms with E-state index in [0.717, 1.165) is 22.2 Å². The second-order valence-electron chi connectivity index (χ2n) is 7.92. The van der Waals surface area contributed by atoms with Gasteiger partial charge in [0.2, 0.25) is 5.91 Å². The molecule has 8 heteroatoms. The zero-order chi connectivity index (χ0) is 22.7. The average Bonchev–Trinajstić information content (AvgIpc) is 3.19. The summed E-state index contributed by atoms with van der Waals surface area (Å²) in [6, 6.07) is 14.0. The normalized spacial score (nSPS) is 13.3. The summed E-state index contributed by atoms with van der Waals surface area (Å²) < 4.78 is 2.32.